The summed E-state index contributed by atoms with van der Waals surface area (Å²) in [7, 11) is 2.31. The van der Waals surface area contributed by atoms with Gasteiger partial charge in [0.25, 0.3) is 0 Å². The minimum absolute atomic E-state index is 0.322. The number of methoxy groups -OCH3 is 1. The fourth-order valence-corrected chi connectivity index (χ4v) is 1.03. The molecule has 0 aliphatic carbocycles. The Bertz CT molecular complexity index is 226. The largest absolute Gasteiger partial charge is 0.467 e. The number of rotatable bonds is 12. The highest BCUT2D eigenvalue weighted by atomic mass is 16.6. The van der Waals surface area contributed by atoms with Gasteiger partial charge >= 0.3 is 5.97 Å². The number of nitrogens with one attached hydrogen (secondary N) is 1. The van der Waals surface area contributed by atoms with Crippen LogP contribution in [-0.4, -0.2) is 77.4 Å². The zero-order valence-corrected chi connectivity index (χ0v) is 12.3. The van der Waals surface area contributed by atoms with E-state index in [0.717, 1.165) is 7.11 Å². The van der Waals surface area contributed by atoms with E-state index >= 15 is 0 Å². The van der Waals surface area contributed by atoms with E-state index in [0.29, 0.717) is 46.0 Å². The van der Waals surface area contributed by atoms with Crippen molar-refractivity contribution in [2.24, 2.45) is 0 Å². The molecule has 0 saturated heterocycles. The third-order valence-electron chi connectivity index (χ3n) is 1.97. The first-order chi connectivity index (χ1) is 9.72. The highest BCUT2D eigenvalue weighted by molar-refractivity contribution is 5.73. The summed E-state index contributed by atoms with van der Waals surface area (Å²) in [5.74, 6) is -0.402. The van der Waals surface area contributed by atoms with Crippen molar-refractivity contribution in [3.8, 4) is 0 Å². The molecule has 0 spiro atoms. The van der Waals surface area contributed by atoms with Crippen LogP contribution in [0.2, 0.25) is 0 Å². The average molecular weight is 295 g/mol. The first kappa shape index (κ1) is 21.1. The number of carbonyl (C=O) groups is 2. The van der Waals surface area contributed by atoms with Gasteiger partial charge in [-0.15, -0.1) is 0 Å². The van der Waals surface area contributed by atoms with Crippen molar-refractivity contribution in [3.05, 3.63) is 0 Å². The lowest BCUT2D eigenvalue weighted by Crippen LogP contribution is -2.24. The molecule has 0 bridgehead atoms. The van der Waals surface area contributed by atoms with Gasteiger partial charge in [0.05, 0.1) is 40.1 Å². The monoisotopic (exact) mass is 295 g/mol. The second-order valence-electron chi connectivity index (χ2n) is 3.33. The van der Waals surface area contributed by atoms with E-state index in [2.05, 4.69) is 10.1 Å². The number of hydrogen-bond donors (Lipinski definition) is 2. The topological polar surface area (TPSA) is 103 Å². The van der Waals surface area contributed by atoms with Crippen LogP contribution in [-0.2, 0) is 28.5 Å². The lowest BCUT2D eigenvalue weighted by atomic mass is 10.4. The predicted octanol–water partition coefficient (Wildman–Crippen LogP) is -1.05. The van der Waals surface area contributed by atoms with Crippen molar-refractivity contribution in [2.75, 3.05) is 53.8 Å². The van der Waals surface area contributed by atoms with E-state index in [1.54, 1.807) is 6.92 Å². The lowest BCUT2D eigenvalue weighted by Gasteiger charge is -2.10. The van der Waals surface area contributed by atoms with Crippen LogP contribution in [0.4, 0.5) is 0 Å². The van der Waals surface area contributed by atoms with Gasteiger partial charge in [0.2, 0.25) is 6.41 Å². The molecular weight excluding hydrogens is 270 g/mol. The average Bonchev–Trinajstić information content (AvgIpc) is 2.50. The smallest absolute Gasteiger partial charge is 0.334 e. The van der Waals surface area contributed by atoms with Crippen LogP contribution in [0.1, 0.15) is 6.92 Å². The summed E-state index contributed by atoms with van der Waals surface area (Å²) in [5, 5.41) is 9.48. The second kappa shape index (κ2) is 17.8. The molecule has 20 heavy (non-hydrogen) atoms. The third kappa shape index (κ3) is 14.8. The molecule has 1 atom stereocenters. The second-order valence-corrected chi connectivity index (χ2v) is 3.33. The van der Waals surface area contributed by atoms with Gasteiger partial charge in [0, 0.05) is 13.7 Å². The van der Waals surface area contributed by atoms with Crippen molar-refractivity contribution in [3.63, 3.8) is 0 Å². The summed E-state index contributed by atoms with van der Waals surface area (Å²) in [5.41, 5.74) is 0. The molecule has 0 rings (SSSR count). The molecule has 0 fully saturated rings. The maximum Gasteiger partial charge on any atom is 0.334 e. The van der Waals surface area contributed by atoms with Crippen molar-refractivity contribution in [1.29, 1.82) is 0 Å². The molecule has 0 unspecified atom stereocenters. The Balaban J connectivity index is 0. The van der Waals surface area contributed by atoms with E-state index in [-0.39, 0.29) is 0 Å². The molecule has 0 aliphatic rings. The molecule has 1 amide bonds. The van der Waals surface area contributed by atoms with Crippen molar-refractivity contribution < 1.29 is 33.6 Å². The van der Waals surface area contributed by atoms with Gasteiger partial charge in [-0.25, -0.2) is 4.79 Å². The van der Waals surface area contributed by atoms with Gasteiger partial charge < -0.3 is 29.4 Å². The van der Waals surface area contributed by atoms with Crippen LogP contribution in [0, 0.1) is 0 Å². The minimum atomic E-state index is -0.579. The highest BCUT2D eigenvalue weighted by Crippen LogP contribution is 1.93. The van der Waals surface area contributed by atoms with Gasteiger partial charge in [-0.3, -0.25) is 4.79 Å². The number of aliphatic hydroxyl groups is 1. The lowest BCUT2D eigenvalue weighted by molar-refractivity contribution is -0.153. The van der Waals surface area contributed by atoms with Crippen LogP contribution >= 0.6 is 0 Å². The summed E-state index contributed by atoms with van der Waals surface area (Å²) in [6.45, 7) is 4.17. The Morgan fingerprint density at radius 2 is 1.70 bits per heavy atom. The van der Waals surface area contributed by atoms with E-state index in [1.165, 1.54) is 7.11 Å². The zero-order chi connectivity index (χ0) is 15.6. The van der Waals surface area contributed by atoms with Gasteiger partial charge in [0.15, 0.2) is 6.10 Å². The van der Waals surface area contributed by atoms with E-state index in [1.807, 2.05) is 0 Å². The van der Waals surface area contributed by atoms with Crippen LogP contribution in [0.25, 0.3) is 0 Å². The number of hydrogen-bond acceptors (Lipinski definition) is 7. The van der Waals surface area contributed by atoms with E-state index < -0.39 is 12.1 Å². The van der Waals surface area contributed by atoms with Gasteiger partial charge in [-0.05, 0) is 6.92 Å². The Morgan fingerprint density at radius 1 is 1.15 bits per heavy atom. The molecule has 2 N–H and O–H groups in total. The van der Waals surface area contributed by atoms with Gasteiger partial charge in [-0.1, -0.05) is 0 Å². The Labute approximate surface area is 119 Å². The highest BCUT2D eigenvalue weighted by Gasteiger charge is 2.12. The van der Waals surface area contributed by atoms with Crippen LogP contribution in [0.3, 0.4) is 0 Å². The molecule has 0 radical (unpaired) electrons. The van der Waals surface area contributed by atoms with Gasteiger partial charge in [0.1, 0.15) is 0 Å². The summed E-state index contributed by atoms with van der Waals surface area (Å²) >= 11 is 0. The van der Waals surface area contributed by atoms with Crippen molar-refractivity contribution in [1.82, 2.24) is 5.32 Å². The summed E-state index contributed by atoms with van der Waals surface area (Å²) in [6.07, 6.45) is 0.0453. The Morgan fingerprint density at radius 3 is 2.25 bits per heavy atom. The molecule has 0 heterocycles. The zero-order valence-electron chi connectivity index (χ0n) is 12.3. The maximum atomic E-state index is 11.0. The third-order valence-corrected chi connectivity index (χ3v) is 1.97. The molecule has 0 saturated carbocycles. The number of carbonyl (C=O) groups excluding carboxylic acids is 2. The number of ether oxygens (including phenoxy) is 4. The molecule has 0 aromatic carbocycles. The molecular formula is C12H25NO7. The Kier molecular flexibility index (Phi) is 18.7. The number of esters is 1. The van der Waals surface area contributed by atoms with Crippen molar-refractivity contribution in [2.45, 2.75) is 13.0 Å². The first-order valence-corrected chi connectivity index (χ1v) is 6.19. The van der Waals surface area contributed by atoms with Crippen molar-refractivity contribution >= 4 is 12.4 Å². The normalized spacial score (nSPS) is 11.0. The Hall–Kier alpha value is -1.22. The molecule has 0 aromatic heterocycles. The van der Waals surface area contributed by atoms with Crippen LogP contribution in [0.5, 0.6) is 0 Å². The van der Waals surface area contributed by atoms with Gasteiger partial charge in [-0.2, -0.15) is 0 Å². The maximum absolute atomic E-state index is 11.0. The fourth-order valence-electron chi connectivity index (χ4n) is 1.03. The number of amides is 1. The molecule has 0 aromatic rings. The fraction of sp³-hybridized carbons (Fsp3) is 0.833. The summed E-state index contributed by atoms with van der Waals surface area (Å²) in [6, 6.07) is 0. The molecule has 8 nitrogen and oxygen atoms in total. The predicted molar refractivity (Wildman–Crippen MR) is 71.3 cm³/mol. The van der Waals surface area contributed by atoms with E-state index in [4.69, 9.17) is 19.3 Å². The SMILES string of the molecule is CO.COC(=O)[C@H](C)OCCOCCOCCNC=O. The summed E-state index contributed by atoms with van der Waals surface area (Å²) < 4.78 is 20.0. The minimum Gasteiger partial charge on any atom is -0.467 e. The molecule has 8 heteroatoms. The summed E-state index contributed by atoms with van der Waals surface area (Å²) in [4.78, 5) is 20.9. The van der Waals surface area contributed by atoms with Crippen LogP contribution < -0.4 is 5.32 Å². The number of aliphatic hydroxyl groups excluding tert-OH is 1. The quantitative estimate of drug-likeness (QED) is 0.269. The first-order valence-electron chi connectivity index (χ1n) is 6.19. The van der Waals surface area contributed by atoms with E-state index in [9.17, 15) is 9.59 Å². The van der Waals surface area contributed by atoms with Crippen LogP contribution in [0.15, 0.2) is 0 Å². The molecule has 120 valence electrons. The standard InChI is InChI=1S/C11H21NO6.CH4O/c1-10(11(14)15-2)18-8-7-17-6-5-16-4-3-12-9-13;1-2/h9-10H,3-8H2,1-2H3,(H,12,13);2H,1H3/t10-;/m0./s1. The molecule has 0 aliphatic heterocycles.